The van der Waals surface area contributed by atoms with Crippen molar-refractivity contribution < 1.29 is 8.98 Å². The Hall–Kier alpha value is -2.09. The lowest BCUT2D eigenvalue weighted by molar-refractivity contribution is 0.0768. The first-order chi connectivity index (χ1) is 13.6. The number of benzene rings is 2. The molecule has 0 saturated carbocycles. The van der Waals surface area contributed by atoms with Crippen molar-refractivity contribution in [2.75, 3.05) is 7.05 Å². The summed E-state index contributed by atoms with van der Waals surface area (Å²) in [5.41, 5.74) is 4.14. The molecular formula is C22H29N3O2S2. The fourth-order valence-corrected chi connectivity index (χ4v) is 3.23. The van der Waals surface area contributed by atoms with E-state index >= 15 is 0 Å². The van der Waals surface area contributed by atoms with Gasteiger partial charge in [-0.15, -0.1) is 0 Å². The van der Waals surface area contributed by atoms with Gasteiger partial charge in [-0.25, -0.2) is 9.93 Å². The minimum atomic E-state index is -0.459. The van der Waals surface area contributed by atoms with E-state index in [4.69, 9.17) is 21.5 Å². The third kappa shape index (κ3) is 6.45. The van der Waals surface area contributed by atoms with Gasteiger partial charge in [0.1, 0.15) is 12.2 Å². The van der Waals surface area contributed by atoms with Gasteiger partial charge in [-0.3, -0.25) is 0 Å². The molecule has 0 aliphatic rings. The highest BCUT2D eigenvalue weighted by Gasteiger charge is 2.16. The van der Waals surface area contributed by atoms with Gasteiger partial charge in [0, 0.05) is 13.6 Å². The molecule has 2 aromatic carbocycles. The Labute approximate surface area is 183 Å². The van der Waals surface area contributed by atoms with Crippen LogP contribution in [0.5, 0.6) is 0 Å². The Balaban J connectivity index is 1.94. The highest BCUT2D eigenvalue weighted by Crippen LogP contribution is 2.23. The first-order valence-electron chi connectivity index (χ1n) is 9.41. The normalized spacial score (nSPS) is 12.2. The summed E-state index contributed by atoms with van der Waals surface area (Å²) in [6, 6.07) is 15.9. The lowest BCUT2D eigenvalue weighted by Gasteiger charge is -2.28. The third-order valence-corrected chi connectivity index (χ3v) is 5.60. The minimum absolute atomic E-state index is 0.0484. The summed E-state index contributed by atoms with van der Waals surface area (Å²) in [5, 5.41) is 9.15. The van der Waals surface area contributed by atoms with Gasteiger partial charge in [-0.05, 0) is 53.4 Å². The summed E-state index contributed by atoms with van der Waals surface area (Å²) in [4.78, 5) is 13.7. The van der Waals surface area contributed by atoms with E-state index < -0.39 is 5.97 Å². The van der Waals surface area contributed by atoms with Crippen molar-refractivity contribution in [3.8, 4) is 0 Å². The van der Waals surface area contributed by atoms with E-state index in [1.807, 2.05) is 24.1 Å². The molecule has 1 atom stereocenters. The van der Waals surface area contributed by atoms with E-state index in [-0.39, 0.29) is 11.5 Å². The van der Waals surface area contributed by atoms with Crippen molar-refractivity contribution >= 4 is 35.5 Å². The zero-order valence-corrected chi connectivity index (χ0v) is 19.2. The summed E-state index contributed by atoms with van der Waals surface area (Å²) < 4.78 is 4.73. The van der Waals surface area contributed by atoms with Crippen molar-refractivity contribution in [2.45, 2.75) is 45.7 Å². The van der Waals surface area contributed by atoms with Crippen LogP contribution >= 0.6 is 24.4 Å². The molecule has 0 spiro atoms. The highest BCUT2D eigenvalue weighted by molar-refractivity contribution is 7.92. The number of carbonyl (C=O) groups excluding carboxylic acids is 1. The second kappa shape index (κ2) is 10.1. The lowest BCUT2D eigenvalue weighted by atomic mass is 9.87. The van der Waals surface area contributed by atoms with Crippen LogP contribution in [0.1, 0.15) is 60.8 Å². The summed E-state index contributed by atoms with van der Waals surface area (Å²) >= 11 is 6.11. The molecule has 0 aromatic heterocycles. The molecule has 3 N–H and O–H groups in total. The molecule has 0 radical (unpaired) electrons. The van der Waals surface area contributed by atoms with E-state index in [0.717, 1.165) is 5.56 Å². The molecule has 0 saturated heterocycles. The van der Waals surface area contributed by atoms with Crippen LogP contribution < -0.4 is 10.5 Å². The topological polar surface area (TPSA) is 67.6 Å². The van der Waals surface area contributed by atoms with E-state index in [0.29, 0.717) is 29.4 Å². The number of thiocarbonyl (C=S) groups is 1. The molecule has 0 heterocycles. The molecule has 2 rings (SSSR count). The molecule has 0 fully saturated rings. The van der Waals surface area contributed by atoms with Crippen LogP contribution in [0.15, 0.2) is 48.5 Å². The zero-order valence-electron chi connectivity index (χ0n) is 17.6. The number of nitrogens with two attached hydrogens (primary N) is 1. The second-order valence-electron chi connectivity index (χ2n) is 7.98. The maximum absolute atomic E-state index is 11.7. The summed E-state index contributed by atoms with van der Waals surface area (Å²) in [6.07, 6.45) is 0. The van der Waals surface area contributed by atoms with Gasteiger partial charge in [0.2, 0.25) is 0 Å². The van der Waals surface area contributed by atoms with Crippen molar-refractivity contribution in [2.24, 2.45) is 5.14 Å². The monoisotopic (exact) mass is 431 g/mol. The van der Waals surface area contributed by atoms with Gasteiger partial charge in [-0.1, -0.05) is 57.2 Å². The van der Waals surface area contributed by atoms with Crippen LogP contribution in [-0.4, -0.2) is 23.0 Å². The van der Waals surface area contributed by atoms with Crippen LogP contribution in [0.25, 0.3) is 0 Å². The Bertz CT molecular complexity index is 831. The van der Waals surface area contributed by atoms with Crippen LogP contribution in [0.3, 0.4) is 0 Å². The van der Waals surface area contributed by atoms with Crippen molar-refractivity contribution in [1.82, 2.24) is 10.2 Å². The lowest BCUT2D eigenvalue weighted by Crippen LogP contribution is -2.38. The third-order valence-electron chi connectivity index (χ3n) is 4.92. The molecule has 2 aromatic rings. The molecule has 1 unspecified atom stereocenters. The van der Waals surface area contributed by atoms with Gasteiger partial charge >= 0.3 is 5.97 Å². The van der Waals surface area contributed by atoms with Crippen molar-refractivity contribution in [1.29, 1.82) is 0 Å². The van der Waals surface area contributed by atoms with Crippen LogP contribution in [0, 0.1) is 0 Å². The van der Waals surface area contributed by atoms with Gasteiger partial charge < -0.3 is 14.4 Å². The van der Waals surface area contributed by atoms with Crippen LogP contribution in [0.2, 0.25) is 0 Å². The van der Waals surface area contributed by atoms with E-state index in [1.54, 1.807) is 12.1 Å². The van der Waals surface area contributed by atoms with Crippen molar-refractivity contribution in [3.05, 3.63) is 70.8 Å². The number of hydrogen-bond donors (Lipinski definition) is 2. The quantitative estimate of drug-likeness (QED) is 0.389. The molecule has 156 valence electrons. The number of carbonyl (C=O) groups is 1. The van der Waals surface area contributed by atoms with Gasteiger partial charge in [0.15, 0.2) is 5.11 Å². The summed E-state index contributed by atoms with van der Waals surface area (Å²) in [7, 11) is 1.95. The van der Waals surface area contributed by atoms with Gasteiger partial charge in [0.25, 0.3) is 0 Å². The van der Waals surface area contributed by atoms with Crippen LogP contribution in [-0.2, 0) is 16.1 Å². The molecule has 0 amide bonds. The zero-order chi connectivity index (χ0) is 21.6. The Morgan fingerprint density at radius 2 is 1.76 bits per heavy atom. The predicted octanol–water partition coefficient (Wildman–Crippen LogP) is 4.73. The fraction of sp³-hybridized carbons (Fsp3) is 0.364. The Kier molecular flexibility index (Phi) is 8.07. The average molecular weight is 432 g/mol. The Morgan fingerprint density at radius 1 is 1.17 bits per heavy atom. The maximum atomic E-state index is 11.7. The SMILES string of the molecule is CC(c1ccc(C(=O)OSN)cc1)N(C)C(=S)NCc1ccc(C(C)(C)C)cc1. The number of nitrogens with zero attached hydrogens (tertiary/aromatic N) is 1. The number of nitrogens with one attached hydrogen (secondary N) is 1. The summed E-state index contributed by atoms with van der Waals surface area (Å²) in [5.74, 6) is -0.459. The smallest absolute Gasteiger partial charge is 0.351 e. The molecule has 0 aliphatic heterocycles. The fourth-order valence-electron chi connectivity index (χ4n) is 2.81. The highest BCUT2D eigenvalue weighted by atomic mass is 32.2. The van der Waals surface area contributed by atoms with E-state index in [1.165, 1.54) is 11.1 Å². The predicted molar refractivity (Wildman–Crippen MR) is 124 cm³/mol. The molecule has 0 aliphatic carbocycles. The maximum Gasteiger partial charge on any atom is 0.351 e. The standard InChI is InChI=1S/C22H29N3O2S2/c1-15(17-8-10-18(11-9-17)20(26)27-29-23)25(5)21(28)24-14-16-6-12-19(13-7-16)22(2,3)4/h6-13,15H,14,23H2,1-5H3,(H,24,28). The van der Waals surface area contributed by atoms with Gasteiger partial charge in [0.05, 0.1) is 11.6 Å². The second-order valence-corrected chi connectivity index (χ2v) is 8.73. The Morgan fingerprint density at radius 3 is 2.28 bits per heavy atom. The van der Waals surface area contributed by atoms with E-state index in [9.17, 15) is 4.79 Å². The van der Waals surface area contributed by atoms with E-state index in [2.05, 4.69) is 57.3 Å². The first kappa shape index (κ1) is 23.2. The molecule has 29 heavy (non-hydrogen) atoms. The number of rotatable bonds is 6. The molecule has 7 heteroatoms. The molecule has 5 nitrogen and oxygen atoms in total. The van der Waals surface area contributed by atoms with Crippen molar-refractivity contribution in [3.63, 3.8) is 0 Å². The number of hydrogen-bond acceptors (Lipinski definition) is 5. The van der Waals surface area contributed by atoms with Gasteiger partial charge in [-0.2, -0.15) is 0 Å². The first-order valence-corrected chi connectivity index (χ1v) is 10.6. The van der Waals surface area contributed by atoms with Crippen LogP contribution in [0.4, 0.5) is 0 Å². The largest absolute Gasteiger partial charge is 0.371 e. The average Bonchev–Trinajstić information content (AvgIpc) is 2.70. The molecular weight excluding hydrogens is 402 g/mol. The minimum Gasteiger partial charge on any atom is -0.371 e. The summed E-state index contributed by atoms with van der Waals surface area (Å²) in [6.45, 7) is 9.35. The molecule has 0 bridgehead atoms.